The second-order valence-electron chi connectivity index (χ2n) is 7.48. The monoisotopic (exact) mass is 429 g/mol. The number of carbonyl (C=O) groups is 3. The van der Waals surface area contributed by atoms with Crippen molar-refractivity contribution >= 4 is 39.6 Å². The first-order chi connectivity index (χ1) is 15.2. The lowest BCUT2D eigenvalue weighted by molar-refractivity contribution is 0.0561. The first-order valence-electron chi connectivity index (χ1n) is 9.73. The van der Waals surface area contributed by atoms with E-state index in [1.807, 2.05) is 30.3 Å². The molecular formula is C25H19NO6. The zero-order valence-electron chi connectivity index (χ0n) is 17.0. The molecule has 1 unspecified atom stereocenters. The van der Waals surface area contributed by atoms with Crippen molar-refractivity contribution in [3.05, 3.63) is 95.1 Å². The molecule has 0 bridgehead atoms. The van der Waals surface area contributed by atoms with E-state index in [1.165, 1.54) is 0 Å². The maximum absolute atomic E-state index is 12.3. The summed E-state index contributed by atoms with van der Waals surface area (Å²) in [6.07, 6.45) is -1.09. The minimum atomic E-state index is -1.63. The van der Waals surface area contributed by atoms with Crippen molar-refractivity contribution in [2.24, 2.45) is 5.73 Å². The van der Waals surface area contributed by atoms with Crippen LogP contribution < -0.4 is 5.73 Å². The van der Waals surface area contributed by atoms with Gasteiger partial charge < -0.3 is 20.7 Å². The van der Waals surface area contributed by atoms with Crippen LogP contribution in [-0.2, 0) is 10.3 Å². The number of amides is 1. The van der Waals surface area contributed by atoms with Crippen molar-refractivity contribution in [1.29, 1.82) is 0 Å². The van der Waals surface area contributed by atoms with Crippen LogP contribution in [0.15, 0.2) is 72.8 Å². The zero-order chi connectivity index (χ0) is 23.0. The molecule has 4 N–H and O–H groups in total. The van der Waals surface area contributed by atoms with Gasteiger partial charge in [0.15, 0.2) is 5.60 Å². The molecule has 4 aromatic carbocycles. The molecule has 0 heterocycles. The first-order valence-corrected chi connectivity index (χ1v) is 9.73. The van der Waals surface area contributed by atoms with Gasteiger partial charge in [-0.2, -0.15) is 0 Å². The second-order valence-corrected chi connectivity index (χ2v) is 7.48. The van der Waals surface area contributed by atoms with Crippen LogP contribution in [0.5, 0.6) is 0 Å². The molecule has 1 amide bonds. The number of carboxylic acids is 2. The lowest BCUT2D eigenvalue weighted by Gasteiger charge is -2.33. The standard InChI is InChI=1S/C25H19NO6/c1-25(32-24(26)31,20-12-6-8-14-7-2-3-9-15(14)20)21-17-11-5-4-10-16(17)18(22(27)28)13-19(21)23(29)30/h2-13H,1H3,(H2,26,31)(H,27,28)(H,29,30). The first kappa shape index (κ1) is 20.9. The normalized spacial score (nSPS) is 12.9. The fraction of sp³-hybridized carbons (Fsp3) is 0.0800. The predicted molar refractivity (Wildman–Crippen MR) is 119 cm³/mol. The van der Waals surface area contributed by atoms with Gasteiger partial charge >= 0.3 is 18.0 Å². The van der Waals surface area contributed by atoms with Crippen LogP contribution in [0.25, 0.3) is 21.5 Å². The lowest BCUT2D eigenvalue weighted by Crippen LogP contribution is -2.35. The molecule has 160 valence electrons. The molecule has 32 heavy (non-hydrogen) atoms. The highest BCUT2D eigenvalue weighted by atomic mass is 16.6. The third-order valence-electron chi connectivity index (χ3n) is 5.59. The molecule has 0 aliphatic heterocycles. The van der Waals surface area contributed by atoms with Crippen LogP contribution in [0.1, 0.15) is 38.8 Å². The van der Waals surface area contributed by atoms with Crippen LogP contribution in [0, 0.1) is 0 Å². The molecule has 7 heteroatoms. The van der Waals surface area contributed by atoms with Gasteiger partial charge in [-0.05, 0) is 34.5 Å². The summed E-state index contributed by atoms with van der Waals surface area (Å²) in [6, 6.07) is 20.4. The van der Waals surface area contributed by atoms with Gasteiger partial charge in [0.05, 0.1) is 11.1 Å². The highest BCUT2D eigenvalue weighted by molar-refractivity contribution is 6.09. The number of rotatable bonds is 5. The summed E-state index contributed by atoms with van der Waals surface area (Å²) in [7, 11) is 0. The fourth-order valence-electron chi connectivity index (χ4n) is 4.32. The number of ether oxygens (including phenoxy) is 1. The van der Waals surface area contributed by atoms with Crippen LogP contribution in [0.4, 0.5) is 4.79 Å². The molecule has 0 radical (unpaired) electrons. The fourth-order valence-corrected chi connectivity index (χ4v) is 4.32. The van der Waals surface area contributed by atoms with Gasteiger partial charge in [-0.15, -0.1) is 0 Å². The molecule has 7 nitrogen and oxygen atoms in total. The molecule has 4 aromatic rings. The van der Waals surface area contributed by atoms with E-state index in [2.05, 4.69) is 0 Å². The van der Waals surface area contributed by atoms with Gasteiger partial charge in [-0.3, -0.25) is 0 Å². The Morgan fingerprint density at radius 1 is 0.781 bits per heavy atom. The van der Waals surface area contributed by atoms with E-state index < -0.39 is 23.6 Å². The summed E-state index contributed by atoms with van der Waals surface area (Å²) in [5.74, 6) is -2.62. The van der Waals surface area contributed by atoms with Crippen molar-refractivity contribution in [3.8, 4) is 0 Å². The van der Waals surface area contributed by atoms with E-state index in [1.54, 1.807) is 43.3 Å². The molecule has 0 aliphatic carbocycles. The number of carbonyl (C=O) groups excluding carboxylic acids is 1. The minimum absolute atomic E-state index is 0.140. The Hall–Kier alpha value is -4.39. The van der Waals surface area contributed by atoms with Crippen molar-refractivity contribution in [2.75, 3.05) is 0 Å². The van der Waals surface area contributed by atoms with E-state index in [0.29, 0.717) is 16.3 Å². The quantitative estimate of drug-likeness (QED) is 0.420. The SMILES string of the molecule is CC(OC(N)=O)(c1cccc2ccccc12)c1c(C(=O)O)cc(C(=O)O)c2ccccc12. The van der Waals surface area contributed by atoms with Crippen molar-refractivity contribution in [1.82, 2.24) is 0 Å². The van der Waals surface area contributed by atoms with Crippen LogP contribution >= 0.6 is 0 Å². The Kier molecular flexibility index (Phi) is 5.02. The van der Waals surface area contributed by atoms with Gasteiger partial charge in [-0.1, -0.05) is 66.7 Å². The summed E-state index contributed by atoms with van der Waals surface area (Å²) in [5, 5.41) is 22.0. The number of aromatic carboxylic acids is 2. The number of fused-ring (bicyclic) bond motifs is 2. The number of benzene rings is 4. The van der Waals surface area contributed by atoms with Crippen molar-refractivity contribution in [3.63, 3.8) is 0 Å². The summed E-state index contributed by atoms with van der Waals surface area (Å²) in [6.45, 7) is 1.56. The van der Waals surface area contributed by atoms with Crippen molar-refractivity contribution < 1.29 is 29.3 Å². The Bertz CT molecular complexity index is 1410. The van der Waals surface area contributed by atoms with Gasteiger partial charge in [-0.25, -0.2) is 14.4 Å². The highest BCUT2D eigenvalue weighted by Crippen LogP contribution is 2.43. The number of nitrogens with two attached hydrogens (primary N) is 1. The van der Waals surface area contributed by atoms with Gasteiger partial charge in [0.2, 0.25) is 0 Å². The van der Waals surface area contributed by atoms with Crippen LogP contribution in [0.3, 0.4) is 0 Å². The minimum Gasteiger partial charge on any atom is -0.478 e. The van der Waals surface area contributed by atoms with E-state index in [0.717, 1.165) is 16.8 Å². The van der Waals surface area contributed by atoms with E-state index >= 15 is 0 Å². The maximum atomic E-state index is 12.3. The average molecular weight is 429 g/mol. The Labute approximate surface area is 182 Å². The molecule has 0 fully saturated rings. The lowest BCUT2D eigenvalue weighted by atomic mass is 9.79. The number of hydrogen-bond acceptors (Lipinski definition) is 4. The number of hydrogen-bond donors (Lipinski definition) is 3. The van der Waals surface area contributed by atoms with E-state index in [9.17, 15) is 24.6 Å². The van der Waals surface area contributed by atoms with Gasteiger partial charge in [0.1, 0.15) is 0 Å². The second kappa shape index (κ2) is 7.70. The molecular weight excluding hydrogens is 410 g/mol. The Morgan fingerprint density at radius 2 is 1.34 bits per heavy atom. The van der Waals surface area contributed by atoms with Crippen LogP contribution in [0.2, 0.25) is 0 Å². The number of primary amides is 1. The molecule has 4 rings (SSSR count). The maximum Gasteiger partial charge on any atom is 0.405 e. The molecule has 0 aliphatic rings. The zero-order valence-corrected chi connectivity index (χ0v) is 17.0. The van der Waals surface area contributed by atoms with E-state index in [-0.39, 0.29) is 16.7 Å². The molecule has 0 spiro atoms. The number of carboxylic acid groups (broad SMARTS) is 2. The molecule has 1 atom stereocenters. The van der Waals surface area contributed by atoms with E-state index in [4.69, 9.17) is 10.5 Å². The summed E-state index contributed by atoms with van der Waals surface area (Å²) in [5.41, 5.74) is 4.01. The topological polar surface area (TPSA) is 127 Å². The van der Waals surface area contributed by atoms with Gasteiger partial charge in [0, 0.05) is 11.1 Å². The Balaban J connectivity index is 2.21. The molecule has 0 aromatic heterocycles. The summed E-state index contributed by atoms with van der Waals surface area (Å²) >= 11 is 0. The predicted octanol–water partition coefficient (Wildman–Crippen LogP) is 4.75. The summed E-state index contributed by atoms with van der Waals surface area (Å²) < 4.78 is 5.65. The molecule has 0 saturated heterocycles. The third-order valence-corrected chi connectivity index (χ3v) is 5.59. The highest BCUT2D eigenvalue weighted by Gasteiger charge is 2.40. The van der Waals surface area contributed by atoms with Crippen molar-refractivity contribution in [2.45, 2.75) is 12.5 Å². The van der Waals surface area contributed by atoms with Crippen LogP contribution in [-0.4, -0.2) is 28.2 Å². The largest absolute Gasteiger partial charge is 0.478 e. The molecule has 0 saturated carbocycles. The smallest absolute Gasteiger partial charge is 0.405 e. The Morgan fingerprint density at radius 3 is 1.97 bits per heavy atom. The average Bonchev–Trinajstić information content (AvgIpc) is 2.76. The van der Waals surface area contributed by atoms with Gasteiger partial charge in [0.25, 0.3) is 0 Å². The third kappa shape index (κ3) is 3.30. The summed E-state index contributed by atoms with van der Waals surface area (Å²) in [4.78, 5) is 36.2.